The molecular weight excluding hydrogens is 362 g/mol. The Bertz CT molecular complexity index is 1100. The first-order valence-electron chi connectivity index (χ1n) is 8.45. The minimum absolute atomic E-state index is 0.0812. The zero-order valence-electron chi connectivity index (χ0n) is 14.4. The molecule has 1 aromatic carbocycles. The maximum atomic E-state index is 12.6. The molecule has 0 saturated heterocycles. The van der Waals surface area contributed by atoms with Gasteiger partial charge < -0.3 is 5.32 Å². The topological polar surface area (TPSA) is 81.8 Å². The summed E-state index contributed by atoms with van der Waals surface area (Å²) in [7, 11) is 0. The molecule has 0 aliphatic carbocycles. The van der Waals surface area contributed by atoms with Gasteiger partial charge in [0.2, 0.25) is 5.91 Å². The van der Waals surface area contributed by atoms with E-state index in [4.69, 9.17) is 0 Å². The fraction of sp³-hybridized carbons (Fsp3) is 0.158. The molecule has 0 saturated carbocycles. The van der Waals surface area contributed by atoms with Crippen molar-refractivity contribution in [1.29, 1.82) is 0 Å². The lowest BCUT2D eigenvalue weighted by Crippen LogP contribution is -2.36. The molecule has 4 rings (SSSR count). The first-order chi connectivity index (χ1) is 13.2. The molecule has 0 aliphatic rings. The van der Waals surface area contributed by atoms with Crippen molar-refractivity contribution < 1.29 is 4.79 Å². The second-order valence-corrected chi connectivity index (χ2v) is 6.99. The van der Waals surface area contributed by atoms with E-state index in [-0.39, 0.29) is 24.1 Å². The van der Waals surface area contributed by atoms with Gasteiger partial charge in [0.1, 0.15) is 11.2 Å². The Morgan fingerprint density at radius 1 is 1.19 bits per heavy atom. The summed E-state index contributed by atoms with van der Waals surface area (Å²) in [5.74, 6) is -0.254. The SMILES string of the molecule is O=C(Cn1cnc2ccsc2c1=O)N[C@H](Cn1cccn1)c1ccccc1. The van der Waals surface area contributed by atoms with Crippen LogP contribution in [0.2, 0.25) is 0 Å². The Hall–Kier alpha value is -3.26. The third kappa shape index (κ3) is 3.80. The second-order valence-electron chi connectivity index (χ2n) is 6.07. The molecule has 0 spiro atoms. The van der Waals surface area contributed by atoms with Crippen LogP contribution in [-0.2, 0) is 17.9 Å². The van der Waals surface area contributed by atoms with Crippen molar-refractivity contribution in [3.8, 4) is 0 Å². The predicted octanol–water partition coefficient (Wildman–Crippen LogP) is 2.21. The van der Waals surface area contributed by atoms with E-state index in [0.717, 1.165) is 5.56 Å². The van der Waals surface area contributed by atoms with Crippen LogP contribution >= 0.6 is 11.3 Å². The fourth-order valence-electron chi connectivity index (χ4n) is 2.90. The minimum atomic E-state index is -0.257. The van der Waals surface area contributed by atoms with Crippen molar-refractivity contribution in [1.82, 2.24) is 24.6 Å². The normalized spacial score (nSPS) is 12.1. The van der Waals surface area contributed by atoms with Crippen molar-refractivity contribution in [2.24, 2.45) is 0 Å². The zero-order chi connectivity index (χ0) is 18.6. The van der Waals surface area contributed by atoms with Crippen LogP contribution in [-0.4, -0.2) is 25.2 Å². The van der Waals surface area contributed by atoms with Crippen LogP contribution in [0.3, 0.4) is 0 Å². The van der Waals surface area contributed by atoms with Crippen LogP contribution in [0.4, 0.5) is 0 Å². The molecule has 0 bridgehead atoms. The molecule has 136 valence electrons. The smallest absolute Gasteiger partial charge is 0.271 e. The molecule has 3 heterocycles. The third-order valence-corrected chi connectivity index (χ3v) is 5.11. The molecule has 0 radical (unpaired) electrons. The van der Waals surface area contributed by atoms with Gasteiger partial charge >= 0.3 is 0 Å². The monoisotopic (exact) mass is 379 g/mol. The van der Waals surface area contributed by atoms with E-state index < -0.39 is 0 Å². The molecule has 4 aromatic rings. The summed E-state index contributed by atoms with van der Waals surface area (Å²) in [6.07, 6.45) is 4.97. The summed E-state index contributed by atoms with van der Waals surface area (Å²) in [5, 5.41) is 9.04. The molecular formula is C19H17N5O2S. The van der Waals surface area contributed by atoms with Gasteiger partial charge in [-0.05, 0) is 23.1 Å². The van der Waals surface area contributed by atoms with E-state index in [0.29, 0.717) is 16.8 Å². The first kappa shape index (κ1) is 17.2. The number of benzene rings is 1. The summed E-state index contributed by atoms with van der Waals surface area (Å²) >= 11 is 1.33. The van der Waals surface area contributed by atoms with Crippen LogP contribution in [0.15, 0.2) is 71.4 Å². The number of amides is 1. The Morgan fingerprint density at radius 2 is 2.04 bits per heavy atom. The van der Waals surface area contributed by atoms with E-state index in [2.05, 4.69) is 15.4 Å². The first-order valence-corrected chi connectivity index (χ1v) is 9.33. The standard InChI is InChI=1S/C19H17N5O2S/c25-17(12-23-13-20-15-7-10-27-18(15)19(23)26)22-16(11-24-9-4-8-21-24)14-5-2-1-3-6-14/h1-10,13,16H,11-12H2,(H,22,25)/t16-/m1/s1. The Morgan fingerprint density at radius 3 is 2.81 bits per heavy atom. The lowest BCUT2D eigenvalue weighted by Gasteiger charge is -2.19. The van der Waals surface area contributed by atoms with Crippen LogP contribution in [0, 0.1) is 0 Å². The largest absolute Gasteiger partial charge is 0.346 e. The van der Waals surface area contributed by atoms with E-state index in [1.165, 1.54) is 22.2 Å². The molecule has 8 heteroatoms. The van der Waals surface area contributed by atoms with Gasteiger partial charge in [0.15, 0.2) is 0 Å². The number of nitrogens with zero attached hydrogens (tertiary/aromatic N) is 4. The number of carbonyl (C=O) groups is 1. The molecule has 1 atom stereocenters. The van der Waals surface area contributed by atoms with Crippen LogP contribution in [0.1, 0.15) is 11.6 Å². The number of fused-ring (bicyclic) bond motifs is 1. The van der Waals surface area contributed by atoms with Crippen LogP contribution in [0.25, 0.3) is 10.2 Å². The van der Waals surface area contributed by atoms with Crippen LogP contribution in [0.5, 0.6) is 0 Å². The number of rotatable bonds is 6. The summed E-state index contributed by atoms with van der Waals surface area (Å²) < 4.78 is 3.66. The Kier molecular flexibility index (Phi) is 4.80. The van der Waals surface area contributed by atoms with E-state index in [1.54, 1.807) is 16.9 Å². The number of carbonyl (C=O) groups excluding carboxylic acids is 1. The van der Waals surface area contributed by atoms with Gasteiger partial charge in [-0.15, -0.1) is 11.3 Å². The van der Waals surface area contributed by atoms with Crippen molar-refractivity contribution in [2.45, 2.75) is 19.1 Å². The summed E-state index contributed by atoms with van der Waals surface area (Å²) in [6.45, 7) is 0.419. The average Bonchev–Trinajstić information content (AvgIpc) is 3.36. The van der Waals surface area contributed by atoms with Crippen molar-refractivity contribution >= 4 is 27.5 Å². The van der Waals surface area contributed by atoms with Gasteiger partial charge in [-0.2, -0.15) is 5.10 Å². The lowest BCUT2D eigenvalue weighted by molar-refractivity contribution is -0.122. The highest BCUT2D eigenvalue weighted by Crippen LogP contribution is 2.15. The highest BCUT2D eigenvalue weighted by atomic mass is 32.1. The zero-order valence-corrected chi connectivity index (χ0v) is 15.2. The molecule has 27 heavy (non-hydrogen) atoms. The molecule has 1 N–H and O–H groups in total. The molecule has 0 fully saturated rings. The lowest BCUT2D eigenvalue weighted by atomic mass is 10.1. The summed E-state index contributed by atoms with van der Waals surface area (Å²) in [4.78, 5) is 29.3. The summed E-state index contributed by atoms with van der Waals surface area (Å²) in [5.41, 5.74) is 1.43. The van der Waals surface area contributed by atoms with Gasteiger partial charge in [0.05, 0.1) is 24.4 Å². The van der Waals surface area contributed by atoms with E-state index in [1.807, 2.05) is 48.0 Å². The fourth-order valence-corrected chi connectivity index (χ4v) is 3.69. The van der Waals surface area contributed by atoms with Crippen molar-refractivity contribution in [2.75, 3.05) is 0 Å². The number of nitrogens with one attached hydrogen (secondary N) is 1. The quantitative estimate of drug-likeness (QED) is 0.557. The van der Waals surface area contributed by atoms with E-state index in [9.17, 15) is 9.59 Å². The number of aromatic nitrogens is 4. The Labute approximate surface area is 158 Å². The summed E-state index contributed by atoms with van der Waals surface area (Å²) in [6, 6.07) is 13.1. The minimum Gasteiger partial charge on any atom is -0.346 e. The van der Waals surface area contributed by atoms with Crippen LogP contribution < -0.4 is 10.9 Å². The molecule has 1 amide bonds. The number of thiophene rings is 1. The highest BCUT2D eigenvalue weighted by molar-refractivity contribution is 7.17. The molecule has 0 aliphatic heterocycles. The van der Waals surface area contributed by atoms with Gasteiger partial charge in [0.25, 0.3) is 5.56 Å². The Balaban J connectivity index is 1.54. The maximum Gasteiger partial charge on any atom is 0.271 e. The number of hydrogen-bond donors (Lipinski definition) is 1. The second kappa shape index (κ2) is 7.55. The van der Waals surface area contributed by atoms with Crippen molar-refractivity contribution in [3.05, 3.63) is 82.5 Å². The van der Waals surface area contributed by atoms with Gasteiger partial charge in [-0.25, -0.2) is 4.98 Å². The van der Waals surface area contributed by atoms with Gasteiger partial charge in [-0.3, -0.25) is 18.8 Å². The predicted molar refractivity (Wildman–Crippen MR) is 103 cm³/mol. The molecule has 7 nitrogen and oxygen atoms in total. The van der Waals surface area contributed by atoms with Crippen molar-refractivity contribution in [3.63, 3.8) is 0 Å². The third-order valence-electron chi connectivity index (χ3n) is 4.22. The molecule has 3 aromatic heterocycles. The maximum absolute atomic E-state index is 12.6. The van der Waals surface area contributed by atoms with Gasteiger partial charge in [-0.1, -0.05) is 30.3 Å². The number of hydrogen-bond acceptors (Lipinski definition) is 5. The highest BCUT2D eigenvalue weighted by Gasteiger charge is 2.17. The molecule has 0 unspecified atom stereocenters. The van der Waals surface area contributed by atoms with E-state index >= 15 is 0 Å². The van der Waals surface area contributed by atoms with Gasteiger partial charge in [0, 0.05) is 12.4 Å². The average molecular weight is 379 g/mol.